The van der Waals surface area contributed by atoms with Gasteiger partial charge in [0.1, 0.15) is 5.00 Å². The third-order valence-electron chi connectivity index (χ3n) is 5.39. The van der Waals surface area contributed by atoms with E-state index < -0.39 is 11.5 Å². The molecule has 162 valence electrons. The van der Waals surface area contributed by atoms with Gasteiger partial charge in [-0.3, -0.25) is 9.59 Å². The minimum absolute atomic E-state index is 0.0193. The summed E-state index contributed by atoms with van der Waals surface area (Å²) in [4.78, 5) is 38.8. The molecule has 1 fully saturated rings. The van der Waals surface area contributed by atoms with Crippen LogP contribution < -0.4 is 10.9 Å². The van der Waals surface area contributed by atoms with Crippen LogP contribution in [0.5, 0.6) is 0 Å². The predicted molar refractivity (Wildman–Crippen MR) is 121 cm³/mol. The maximum absolute atomic E-state index is 13.4. The molecular formula is C22H22ClN3O4S. The summed E-state index contributed by atoms with van der Waals surface area (Å²) >= 11 is 7.30. The Balaban J connectivity index is 1.84. The van der Waals surface area contributed by atoms with Gasteiger partial charge in [0.2, 0.25) is 5.91 Å². The smallest absolute Gasteiger partial charge is 0.359 e. The number of carbonyl (C=O) groups excluding carboxylic acids is 2. The Hall–Kier alpha value is -2.71. The second kappa shape index (κ2) is 9.20. The van der Waals surface area contributed by atoms with E-state index in [9.17, 15) is 14.4 Å². The Bertz CT molecular complexity index is 1200. The highest BCUT2D eigenvalue weighted by molar-refractivity contribution is 7.16. The average Bonchev–Trinajstić information content (AvgIpc) is 3.19. The number of esters is 1. The maximum Gasteiger partial charge on any atom is 0.359 e. The Morgan fingerprint density at radius 2 is 2.06 bits per heavy atom. The molecule has 9 heteroatoms. The molecule has 1 aromatic carbocycles. The highest BCUT2D eigenvalue weighted by Crippen LogP contribution is 2.32. The molecule has 0 bridgehead atoms. The number of fused-ring (bicyclic) bond motifs is 1. The summed E-state index contributed by atoms with van der Waals surface area (Å²) in [6.07, 6.45) is 4.89. The molecule has 0 unspecified atom stereocenters. The number of carbonyl (C=O) groups is 2. The first kappa shape index (κ1) is 21.5. The first-order valence-corrected chi connectivity index (χ1v) is 11.5. The summed E-state index contributed by atoms with van der Waals surface area (Å²) in [5.74, 6) is -0.787. The van der Waals surface area contributed by atoms with E-state index in [-0.39, 0.29) is 29.5 Å². The number of hydrogen-bond acceptors (Lipinski definition) is 6. The third-order valence-corrected chi connectivity index (χ3v) is 6.52. The Labute approximate surface area is 188 Å². The van der Waals surface area contributed by atoms with E-state index >= 15 is 0 Å². The van der Waals surface area contributed by atoms with Crippen molar-refractivity contribution in [3.05, 3.63) is 50.7 Å². The summed E-state index contributed by atoms with van der Waals surface area (Å²) in [7, 11) is 0. The van der Waals surface area contributed by atoms with Crippen LogP contribution in [0, 0.1) is 5.92 Å². The minimum Gasteiger partial charge on any atom is -0.461 e. The van der Waals surface area contributed by atoms with E-state index in [4.69, 9.17) is 16.3 Å². The van der Waals surface area contributed by atoms with Gasteiger partial charge in [-0.15, -0.1) is 11.3 Å². The molecule has 0 saturated heterocycles. The molecule has 1 N–H and O–H groups in total. The van der Waals surface area contributed by atoms with Gasteiger partial charge in [-0.1, -0.05) is 36.9 Å². The molecule has 4 rings (SSSR count). The Morgan fingerprint density at radius 1 is 1.29 bits per heavy atom. The van der Waals surface area contributed by atoms with Gasteiger partial charge < -0.3 is 10.1 Å². The number of anilines is 1. The molecule has 1 aliphatic rings. The van der Waals surface area contributed by atoms with Crippen LogP contribution >= 0.6 is 22.9 Å². The van der Waals surface area contributed by atoms with Crippen molar-refractivity contribution in [1.29, 1.82) is 0 Å². The highest BCUT2D eigenvalue weighted by atomic mass is 35.5. The van der Waals surface area contributed by atoms with Crippen molar-refractivity contribution in [2.45, 2.75) is 39.0 Å². The van der Waals surface area contributed by atoms with E-state index in [1.807, 2.05) is 0 Å². The molecular weight excluding hydrogens is 438 g/mol. The van der Waals surface area contributed by atoms with Crippen molar-refractivity contribution < 1.29 is 14.3 Å². The molecule has 0 aliphatic heterocycles. The second-order valence-corrected chi connectivity index (χ2v) is 8.76. The molecule has 1 amide bonds. The second-order valence-electron chi connectivity index (χ2n) is 7.44. The van der Waals surface area contributed by atoms with Crippen molar-refractivity contribution in [3.8, 4) is 5.69 Å². The summed E-state index contributed by atoms with van der Waals surface area (Å²) in [6, 6.07) is 6.64. The van der Waals surface area contributed by atoms with E-state index in [0.717, 1.165) is 36.8 Å². The Morgan fingerprint density at radius 3 is 2.77 bits per heavy atom. The van der Waals surface area contributed by atoms with E-state index in [1.165, 1.54) is 11.3 Å². The van der Waals surface area contributed by atoms with Crippen LogP contribution in [0.3, 0.4) is 0 Å². The van der Waals surface area contributed by atoms with Crippen LogP contribution in [0.1, 0.15) is 49.5 Å². The third kappa shape index (κ3) is 4.36. The lowest BCUT2D eigenvalue weighted by atomic mass is 9.89. The number of amides is 1. The number of nitrogens with zero attached hydrogens (tertiary/aromatic N) is 2. The summed E-state index contributed by atoms with van der Waals surface area (Å²) in [5.41, 5.74) is -0.00273. The largest absolute Gasteiger partial charge is 0.461 e. The number of benzene rings is 1. The fourth-order valence-corrected chi connectivity index (χ4v) is 4.98. The first-order valence-electron chi connectivity index (χ1n) is 10.3. The van der Waals surface area contributed by atoms with E-state index in [2.05, 4.69) is 10.4 Å². The molecule has 7 nitrogen and oxygen atoms in total. The lowest BCUT2D eigenvalue weighted by Crippen LogP contribution is -2.27. The molecule has 0 atom stereocenters. The normalized spacial score (nSPS) is 14.5. The highest BCUT2D eigenvalue weighted by Gasteiger charge is 2.26. The van der Waals surface area contributed by atoms with Gasteiger partial charge in [0.25, 0.3) is 5.56 Å². The number of hydrogen-bond donors (Lipinski definition) is 1. The SMILES string of the molecule is CCOC(=O)c1nn(-c2cccc(Cl)c2)c(=O)c2c(NC(=O)C3CCCCC3)scc12. The zero-order valence-electron chi connectivity index (χ0n) is 17.0. The van der Waals surface area contributed by atoms with Gasteiger partial charge in [-0.2, -0.15) is 9.78 Å². The summed E-state index contributed by atoms with van der Waals surface area (Å²) in [6.45, 7) is 1.87. The fourth-order valence-electron chi connectivity index (χ4n) is 3.85. The van der Waals surface area contributed by atoms with Crippen LogP contribution in [-0.4, -0.2) is 28.3 Å². The van der Waals surface area contributed by atoms with Crippen LogP contribution in [0.4, 0.5) is 5.00 Å². The van der Waals surface area contributed by atoms with Crippen molar-refractivity contribution in [1.82, 2.24) is 9.78 Å². The summed E-state index contributed by atoms with van der Waals surface area (Å²) < 4.78 is 6.28. The van der Waals surface area contributed by atoms with Gasteiger partial charge in [-0.05, 0) is 38.0 Å². The number of thiophene rings is 1. The Kier molecular flexibility index (Phi) is 6.38. The zero-order chi connectivity index (χ0) is 22.0. The number of aromatic nitrogens is 2. The monoisotopic (exact) mass is 459 g/mol. The number of nitrogens with one attached hydrogen (secondary N) is 1. The van der Waals surface area contributed by atoms with Crippen molar-refractivity contribution in [2.24, 2.45) is 5.92 Å². The zero-order valence-corrected chi connectivity index (χ0v) is 18.6. The van der Waals surface area contributed by atoms with Crippen LogP contribution in [0.15, 0.2) is 34.4 Å². The predicted octanol–water partition coefficient (Wildman–Crippen LogP) is 4.80. The number of rotatable bonds is 5. The van der Waals surface area contributed by atoms with Crippen LogP contribution in [0.25, 0.3) is 16.5 Å². The lowest BCUT2D eigenvalue weighted by molar-refractivity contribution is -0.120. The average molecular weight is 460 g/mol. The molecule has 2 aromatic heterocycles. The topological polar surface area (TPSA) is 90.3 Å². The molecule has 1 aliphatic carbocycles. The maximum atomic E-state index is 13.4. The lowest BCUT2D eigenvalue weighted by Gasteiger charge is -2.20. The minimum atomic E-state index is -0.633. The molecule has 1 saturated carbocycles. The molecule has 31 heavy (non-hydrogen) atoms. The fraction of sp³-hybridized carbons (Fsp3) is 0.364. The van der Waals surface area contributed by atoms with E-state index in [0.29, 0.717) is 21.1 Å². The van der Waals surface area contributed by atoms with Gasteiger partial charge in [-0.25, -0.2) is 4.79 Å². The van der Waals surface area contributed by atoms with Gasteiger partial charge in [0.05, 0.1) is 17.7 Å². The molecule has 3 aromatic rings. The summed E-state index contributed by atoms with van der Waals surface area (Å²) in [5, 5.41) is 10.3. The van der Waals surface area contributed by atoms with Gasteiger partial charge in [0.15, 0.2) is 5.69 Å². The number of halogens is 1. The standard InChI is InChI=1S/C22H22ClN3O4S/c1-2-30-22(29)18-16-12-31-20(24-19(27)13-7-4-3-5-8-13)17(16)21(28)26(25-18)15-10-6-9-14(23)11-15/h6,9-13H,2-5,7-8H2,1H3,(H,24,27). The van der Waals surface area contributed by atoms with Crippen molar-refractivity contribution in [2.75, 3.05) is 11.9 Å². The molecule has 2 heterocycles. The van der Waals surface area contributed by atoms with Crippen molar-refractivity contribution >= 4 is 50.6 Å². The van der Waals surface area contributed by atoms with Gasteiger partial charge in [0, 0.05) is 21.7 Å². The molecule has 0 spiro atoms. The molecule has 0 radical (unpaired) electrons. The van der Waals surface area contributed by atoms with Gasteiger partial charge >= 0.3 is 5.97 Å². The van der Waals surface area contributed by atoms with Crippen molar-refractivity contribution in [3.63, 3.8) is 0 Å². The quantitative estimate of drug-likeness (QED) is 0.553. The van der Waals surface area contributed by atoms with E-state index in [1.54, 1.807) is 36.6 Å². The van der Waals surface area contributed by atoms with Crippen LogP contribution in [-0.2, 0) is 9.53 Å². The van der Waals surface area contributed by atoms with Crippen LogP contribution in [0.2, 0.25) is 5.02 Å². The number of ether oxygens (including phenoxy) is 1. The first-order chi connectivity index (χ1) is 15.0.